The van der Waals surface area contributed by atoms with E-state index >= 15 is 0 Å². The van der Waals surface area contributed by atoms with Crippen LogP contribution >= 0.6 is 0 Å². The Bertz CT molecular complexity index is 758. The lowest BCUT2D eigenvalue weighted by molar-refractivity contribution is -0.151. The van der Waals surface area contributed by atoms with Crippen molar-refractivity contribution < 1.29 is 14.3 Å². The van der Waals surface area contributed by atoms with Crippen LogP contribution in [0.25, 0.3) is 0 Å². The van der Waals surface area contributed by atoms with Crippen LogP contribution in [0.4, 0.5) is 5.95 Å². The maximum Gasteiger partial charge on any atom is 0.310 e. The van der Waals surface area contributed by atoms with E-state index in [4.69, 9.17) is 4.74 Å². The molecule has 0 bridgehead atoms. The maximum absolute atomic E-state index is 12.3. The first kappa shape index (κ1) is 17.8. The molecule has 7 nitrogen and oxygen atoms in total. The molecule has 0 spiro atoms. The van der Waals surface area contributed by atoms with Gasteiger partial charge in [0.25, 0.3) is 5.91 Å². The summed E-state index contributed by atoms with van der Waals surface area (Å²) >= 11 is 0. The average molecular weight is 354 g/mol. The Hall–Kier alpha value is -2.96. The maximum atomic E-state index is 12.3. The molecule has 0 saturated carbocycles. The van der Waals surface area contributed by atoms with E-state index in [0.29, 0.717) is 32.1 Å². The summed E-state index contributed by atoms with van der Waals surface area (Å²) in [6.45, 7) is 4.18. The topological polar surface area (TPSA) is 75.6 Å². The van der Waals surface area contributed by atoms with E-state index in [9.17, 15) is 9.59 Å². The van der Waals surface area contributed by atoms with Crippen LogP contribution in [0.5, 0.6) is 0 Å². The monoisotopic (exact) mass is 354 g/mol. The van der Waals surface area contributed by atoms with Gasteiger partial charge in [0.2, 0.25) is 5.95 Å². The molecule has 0 atom stereocenters. The highest BCUT2D eigenvalue weighted by atomic mass is 16.5. The van der Waals surface area contributed by atoms with Gasteiger partial charge >= 0.3 is 5.97 Å². The molecule has 0 aliphatic carbocycles. The molecule has 1 aliphatic heterocycles. The van der Waals surface area contributed by atoms with Gasteiger partial charge in [-0.1, -0.05) is 24.3 Å². The van der Waals surface area contributed by atoms with E-state index in [1.54, 1.807) is 23.4 Å². The third-order valence-corrected chi connectivity index (χ3v) is 4.42. The Morgan fingerprint density at radius 1 is 1.04 bits per heavy atom. The van der Waals surface area contributed by atoms with Crippen LogP contribution in [0.15, 0.2) is 42.7 Å². The number of rotatable bonds is 5. The summed E-state index contributed by atoms with van der Waals surface area (Å²) < 4.78 is 5.16. The van der Waals surface area contributed by atoms with Crippen LogP contribution in [0.1, 0.15) is 11.1 Å². The molecule has 3 rings (SSSR count). The van der Waals surface area contributed by atoms with Gasteiger partial charge in [0.05, 0.1) is 6.42 Å². The summed E-state index contributed by atoms with van der Waals surface area (Å²) in [6, 6.07) is 9.42. The number of hydrogen-bond donors (Lipinski definition) is 0. The predicted octanol–water partition coefficient (Wildman–Crippen LogP) is 1.22. The largest absolute Gasteiger partial charge is 0.455 e. The lowest BCUT2D eigenvalue weighted by atomic mass is 10.1. The van der Waals surface area contributed by atoms with Crippen LogP contribution in [-0.2, 0) is 20.7 Å². The van der Waals surface area contributed by atoms with Crippen molar-refractivity contribution in [3.8, 4) is 0 Å². The molecule has 7 heteroatoms. The van der Waals surface area contributed by atoms with Crippen LogP contribution in [0.3, 0.4) is 0 Å². The summed E-state index contributed by atoms with van der Waals surface area (Å²) in [5, 5.41) is 0. The zero-order valence-corrected chi connectivity index (χ0v) is 14.8. The van der Waals surface area contributed by atoms with Gasteiger partial charge in [-0.15, -0.1) is 0 Å². The van der Waals surface area contributed by atoms with Gasteiger partial charge in [0.15, 0.2) is 6.61 Å². The molecule has 1 fully saturated rings. The number of nitrogens with zero attached hydrogens (tertiary/aromatic N) is 4. The van der Waals surface area contributed by atoms with E-state index < -0.39 is 0 Å². The molecule has 1 saturated heterocycles. The summed E-state index contributed by atoms with van der Waals surface area (Å²) in [5.41, 5.74) is 1.96. The summed E-state index contributed by atoms with van der Waals surface area (Å²) in [6.07, 6.45) is 3.58. The third-order valence-electron chi connectivity index (χ3n) is 4.42. The van der Waals surface area contributed by atoms with Crippen LogP contribution in [0, 0.1) is 6.92 Å². The molecule has 2 aromatic rings. The van der Waals surface area contributed by atoms with Crippen LogP contribution in [-0.4, -0.2) is 59.5 Å². The summed E-state index contributed by atoms with van der Waals surface area (Å²) in [7, 11) is 0. The first-order valence-corrected chi connectivity index (χ1v) is 8.63. The number of anilines is 1. The van der Waals surface area contributed by atoms with E-state index in [1.165, 1.54) is 0 Å². The Kier molecular flexibility index (Phi) is 5.78. The van der Waals surface area contributed by atoms with Gasteiger partial charge in [-0.3, -0.25) is 9.59 Å². The highest BCUT2D eigenvalue weighted by Crippen LogP contribution is 2.11. The molecule has 0 radical (unpaired) electrons. The molecule has 1 amide bonds. The number of carbonyl (C=O) groups is 2. The van der Waals surface area contributed by atoms with E-state index in [-0.39, 0.29) is 24.9 Å². The normalized spacial score (nSPS) is 14.2. The summed E-state index contributed by atoms with van der Waals surface area (Å²) in [5.74, 6) is 0.116. The number of carbonyl (C=O) groups excluding carboxylic acids is 2. The van der Waals surface area contributed by atoms with E-state index in [1.807, 2.05) is 36.1 Å². The Balaban J connectivity index is 1.43. The number of aromatic nitrogens is 2. The van der Waals surface area contributed by atoms with Crippen molar-refractivity contribution in [1.82, 2.24) is 14.9 Å². The second-order valence-corrected chi connectivity index (χ2v) is 6.18. The first-order chi connectivity index (χ1) is 12.6. The number of hydrogen-bond acceptors (Lipinski definition) is 6. The fourth-order valence-electron chi connectivity index (χ4n) is 2.86. The summed E-state index contributed by atoms with van der Waals surface area (Å²) in [4.78, 5) is 36.4. The lowest BCUT2D eigenvalue weighted by Gasteiger charge is -2.34. The Labute approximate surface area is 152 Å². The minimum atomic E-state index is -0.385. The third kappa shape index (κ3) is 4.56. The van der Waals surface area contributed by atoms with Crippen molar-refractivity contribution in [3.05, 3.63) is 53.9 Å². The zero-order chi connectivity index (χ0) is 18.4. The van der Waals surface area contributed by atoms with Crippen LogP contribution in [0.2, 0.25) is 0 Å². The van der Waals surface area contributed by atoms with Crippen molar-refractivity contribution in [1.29, 1.82) is 0 Å². The molecule has 1 aromatic heterocycles. The fourth-order valence-corrected chi connectivity index (χ4v) is 2.86. The molecular formula is C19H22N4O3. The Morgan fingerprint density at radius 3 is 2.42 bits per heavy atom. The number of amides is 1. The SMILES string of the molecule is Cc1ccccc1CC(=O)OCC(=O)N1CCN(c2ncccn2)CC1. The van der Waals surface area contributed by atoms with E-state index in [0.717, 1.165) is 11.1 Å². The minimum Gasteiger partial charge on any atom is -0.455 e. The van der Waals surface area contributed by atoms with Gasteiger partial charge in [-0.2, -0.15) is 0 Å². The number of aryl methyl sites for hydroxylation is 1. The molecule has 2 heterocycles. The van der Waals surface area contributed by atoms with Gasteiger partial charge in [-0.05, 0) is 24.1 Å². The first-order valence-electron chi connectivity index (χ1n) is 8.63. The average Bonchev–Trinajstić information content (AvgIpc) is 2.69. The second kappa shape index (κ2) is 8.42. The molecule has 1 aliphatic rings. The fraction of sp³-hybridized carbons (Fsp3) is 0.368. The minimum absolute atomic E-state index is 0.170. The van der Waals surface area contributed by atoms with Crippen molar-refractivity contribution in [3.63, 3.8) is 0 Å². The smallest absolute Gasteiger partial charge is 0.310 e. The Morgan fingerprint density at radius 2 is 1.73 bits per heavy atom. The number of esters is 1. The number of piperazine rings is 1. The standard InChI is InChI=1S/C19H22N4O3/c1-15-5-2-3-6-16(15)13-18(25)26-14-17(24)22-9-11-23(12-10-22)19-20-7-4-8-21-19/h2-8H,9-14H2,1H3. The van der Waals surface area contributed by atoms with Gasteiger partial charge < -0.3 is 14.5 Å². The predicted molar refractivity (Wildman–Crippen MR) is 96.7 cm³/mol. The van der Waals surface area contributed by atoms with E-state index in [2.05, 4.69) is 9.97 Å². The van der Waals surface area contributed by atoms with Gasteiger partial charge in [0, 0.05) is 38.6 Å². The second-order valence-electron chi connectivity index (χ2n) is 6.18. The lowest BCUT2D eigenvalue weighted by Crippen LogP contribution is -2.50. The van der Waals surface area contributed by atoms with Crippen LogP contribution < -0.4 is 4.90 Å². The quantitative estimate of drug-likeness (QED) is 0.752. The number of ether oxygens (including phenoxy) is 1. The zero-order valence-electron chi connectivity index (χ0n) is 14.8. The van der Waals surface area contributed by atoms with Gasteiger partial charge in [-0.25, -0.2) is 9.97 Å². The van der Waals surface area contributed by atoms with Crippen molar-refractivity contribution >= 4 is 17.8 Å². The molecule has 0 N–H and O–H groups in total. The van der Waals surface area contributed by atoms with Crippen molar-refractivity contribution in [2.45, 2.75) is 13.3 Å². The highest BCUT2D eigenvalue weighted by Gasteiger charge is 2.23. The number of benzene rings is 1. The van der Waals surface area contributed by atoms with Crippen molar-refractivity contribution in [2.75, 3.05) is 37.7 Å². The molecule has 0 unspecified atom stereocenters. The molecule has 136 valence electrons. The molecule has 1 aromatic carbocycles. The molecule has 26 heavy (non-hydrogen) atoms. The van der Waals surface area contributed by atoms with Crippen molar-refractivity contribution in [2.24, 2.45) is 0 Å². The highest BCUT2D eigenvalue weighted by molar-refractivity contribution is 5.81. The molecular weight excluding hydrogens is 332 g/mol. The van der Waals surface area contributed by atoms with Gasteiger partial charge in [0.1, 0.15) is 0 Å².